The van der Waals surface area contributed by atoms with Crippen LogP contribution in [-0.4, -0.2) is 24.0 Å². The van der Waals surface area contributed by atoms with Crippen LogP contribution in [0.3, 0.4) is 0 Å². The second-order valence-corrected chi connectivity index (χ2v) is 5.05. The second-order valence-electron chi connectivity index (χ2n) is 4.61. The molecule has 1 aliphatic rings. The van der Waals surface area contributed by atoms with E-state index in [1.807, 2.05) is 0 Å². The Labute approximate surface area is 112 Å². The minimum absolute atomic E-state index is 0. The Morgan fingerprint density at radius 2 is 2.12 bits per heavy atom. The molecule has 2 nitrogen and oxygen atoms in total. The van der Waals surface area contributed by atoms with E-state index in [2.05, 4.69) is 11.8 Å². The molecule has 2 atom stereocenters. The normalized spacial score (nSPS) is 24.7. The summed E-state index contributed by atoms with van der Waals surface area (Å²) in [5.74, 6) is 0.225. The molecular weight excluding hydrogens is 262 g/mol. The number of likely N-dealkylation sites (tertiary alicyclic amines) is 1. The number of nitrogens with two attached hydrogens (primary N) is 1. The zero-order chi connectivity index (χ0) is 11.7. The molecule has 1 saturated heterocycles. The summed E-state index contributed by atoms with van der Waals surface area (Å²) in [6, 6.07) is 4.88. The van der Waals surface area contributed by atoms with Crippen LogP contribution in [0.4, 0.5) is 4.39 Å². The van der Waals surface area contributed by atoms with Gasteiger partial charge in [0.1, 0.15) is 5.82 Å². The maximum Gasteiger partial charge on any atom is 0.125 e. The zero-order valence-corrected chi connectivity index (χ0v) is 11.3. The van der Waals surface area contributed by atoms with Gasteiger partial charge in [0.05, 0.1) is 0 Å². The summed E-state index contributed by atoms with van der Waals surface area (Å²) in [5, 5.41) is 0.451. The van der Waals surface area contributed by atoms with E-state index >= 15 is 0 Å². The first-order valence-electron chi connectivity index (χ1n) is 5.47. The van der Waals surface area contributed by atoms with Gasteiger partial charge >= 0.3 is 0 Å². The quantitative estimate of drug-likeness (QED) is 0.901. The molecule has 0 saturated carbocycles. The molecule has 1 fully saturated rings. The van der Waals surface area contributed by atoms with Crippen molar-refractivity contribution in [3.63, 3.8) is 0 Å². The number of rotatable bonds is 2. The van der Waals surface area contributed by atoms with Gasteiger partial charge in [0.25, 0.3) is 0 Å². The van der Waals surface area contributed by atoms with Crippen LogP contribution >= 0.6 is 24.0 Å². The van der Waals surface area contributed by atoms with Gasteiger partial charge in [-0.25, -0.2) is 4.39 Å². The molecule has 1 aromatic rings. The Morgan fingerprint density at radius 3 is 2.65 bits per heavy atom. The fourth-order valence-corrected chi connectivity index (χ4v) is 2.43. The van der Waals surface area contributed by atoms with Gasteiger partial charge in [-0.2, -0.15) is 0 Å². The minimum Gasteiger partial charge on any atom is -0.326 e. The summed E-state index contributed by atoms with van der Waals surface area (Å²) in [6.07, 6.45) is 0. The third-order valence-electron chi connectivity index (χ3n) is 3.07. The van der Waals surface area contributed by atoms with Gasteiger partial charge in [-0.1, -0.05) is 18.5 Å². The maximum absolute atomic E-state index is 13.1. The van der Waals surface area contributed by atoms with Crippen molar-refractivity contribution in [1.82, 2.24) is 4.90 Å². The lowest BCUT2D eigenvalue weighted by molar-refractivity contribution is 0.318. The van der Waals surface area contributed by atoms with E-state index in [0.29, 0.717) is 10.9 Å². The van der Waals surface area contributed by atoms with Crippen molar-refractivity contribution >= 4 is 24.0 Å². The van der Waals surface area contributed by atoms with Gasteiger partial charge in [0, 0.05) is 30.7 Å². The fourth-order valence-electron chi connectivity index (χ4n) is 2.18. The van der Waals surface area contributed by atoms with Crippen molar-refractivity contribution in [2.45, 2.75) is 19.5 Å². The molecule has 1 aromatic carbocycles. The van der Waals surface area contributed by atoms with Crippen LogP contribution in [-0.2, 0) is 6.54 Å². The van der Waals surface area contributed by atoms with Crippen molar-refractivity contribution in [2.75, 3.05) is 13.1 Å². The van der Waals surface area contributed by atoms with Crippen LogP contribution < -0.4 is 5.73 Å². The molecule has 5 heteroatoms. The zero-order valence-electron chi connectivity index (χ0n) is 9.70. The second kappa shape index (κ2) is 6.01. The maximum atomic E-state index is 13.1. The molecule has 96 valence electrons. The molecule has 0 aromatic heterocycles. The minimum atomic E-state index is -0.279. The Bertz CT molecular complexity index is 357. The highest BCUT2D eigenvalue weighted by Crippen LogP contribution is 2.20. The summed E-state index contributed by atoms with van der Waals surface area (Å²) in [4.78, 5) is 2.24. The molecule has 2 rings (SSSR count). The predicted molar refractivity (Wildman–Crippen MR) is 71.1 cm³/mol. The summed E-state index contributed by atoms with van der Waals surface area (Å²) in [6.45, 7) is 4.70. The van der Waals surface area contributed by atoms with Crippen LogP contribution in [0.2, 0.25) is 5.02 Å². The molecule has 1 aliphatic heterocycles. The molecule has 0 bridgehead atoms. The van der Waals surface area contributed by atoms with Crippen molar-refractivity contribution in [3.05, 3.63) is 34.6 Å². The summed E-state index contributed by atoms with van der Waals surface area (Å²) in [7, 11) is 0. The molecule has 0 radical (unpaired) electrons. The molecule has 0 spiro atoms. The smallest absolute Gasteiger partial charge is 0.125 e. The molecular formula is C12H17Cl2FN2. The van der Waals surface area contributed by atoms with E-state index in [1.165, 1.54) is 12.1 Å². The molecule has 2 N–H and O–H groups in total. The van der Waals surface area contributed by atoms with Gasteiger partial charge in [-0.05, 0) is 29.7 Å². The lowest BCUT2D eigenvalue weighted by Crippen LogP contribution is -2.28. The van der Waals surface area contributed by atoms with Gasteiger partial charge in [-0.15, -0.1) is 12.4 Å². The van der Waals surface area contributed by atoms with E-state index in [1.54, 1.807) is 6.07 Å². The van der Waals surface area contributed by atoms with Crippen LogP contribution in [0.15, 0.2) is 18.2 Å². The van der Waals surface area contributed by atoms with Crippen molar-refractivity contribution in [1.29, 1.82) is 0 Å². The Morgan fingerprint density at radius 1 is 1.41 bits per heavy atom. The third kappa shape index (κ3) is 3.81. The number of benzene rings is 1. The van der Waals surface area contributed by atoms with Crippen LogP contribution in [0.25, 0.3) is 0 Å². The summed E-state index contributed by atoms with van der Waals surface area (Å²) >= 11 is 5.81. The summed E-state index contributed by atoms with van der Waals surface area (Å²) in [5.41, 5.74) is 6.85. The highest BCUT2D eigenvalue weighted by molar-refractivity contribution is 6.30. The van der Waals surface area contributed by atoms with E-state index in [-0.39, 0.29) is 24.3 Å². The number of hydrogen-bond donors (Lipinski definition) is 1. The number of nitrogens with zero attached hydrogens (tertiary/aromatic N) is 1. The van der Waals surface area contributed by atoms with Gasteiger partial charge in [0.15, 0.2) is 0 Å². The lowest BCUT2D eigenvalue weighted by Gasteiger charge is -2.15. The number of hydrogen-bond acceptors (Lipinski definition) is 2. The lowest BCUT2D eigenvalue weighted by atomic mass is 10.1. The standard InChI is InChI=1S/C12H16ClFN2.ClH/c1-8-5-16(7-12(8)15)6-9-2-10(13)4-11(14)3-9;/h2-4,8,12H,5-7,15H2,1H3;1H. The predicted octanol–water partition coefficient (Wildman–Crippen LogP) is 2.68. The SMILES string of the molecule is CC1CN(Cc2cc(F)cc(Cl)c2)CC1N.Cl. The molecule has 0 aliphatic carbocycles. The van der Waals surface area contributed by atoms with E-state index < -0.39 is 0 Å². The van der Waals surface area contributed by atoms with Gasteiger partial charge in [0.2, 0.25) is 0 Å². The van der Waals surface area contributed by atoms with Crippen molar-refractivity contribution < 1.29 is 4.39 Å². The molecule has 1 heterocycles. The Balaban J connectivity index is 0.00000144. The first kappa shape index (κ1) is 14.7. The average Bonchev–Trinajstić information content (AvgIpc) is 2.43. The Kier molecular flexibility index (Phi) is 5.20. The monoisotopic (exact) mass is 278 g/mol. The molecule has 0 amide bonds. The van der Waals surface area contributed by atoms with Crippen LogP contribution in [0.5, 0.6) is 0 Å². The van der Waals surface area contributed by atoms with Gasteiger partial charge in [-0.3, -0.25) is 4.90 Å². The largest absolute Gasteiger partial charge is 0.326 e. The summed E-state index contributed by atoms with van der Waals surface area (Å²) < 4.78 is 13.1. The molecule has 2 unspecified atom stereocenters. The van der Waals surface area contributed by atoms with Gasteiger partial charge < -0.3 is 5.73 Å². The average molecular weight is 279 g/mol. The topological polar surface area (TPSA) is 29.3 Å². The number of halogens is 3. The van der Waals surface area contributed by atoms with Crippen molar-refractivity contribution in [2.24, 2.45) is 11.7 Å². The third-order valence-corrected chi connectivity index (χ3v) is 3.29. The first-order chi connectivity index (χ1) is 7.54. The first-order valence-corrected chi connectivity index (χ1v) is 5.85. The highest BCUT2D eigenvalue weighted by Gasteiger charge is 2.26. The van der Waals surface area contributed by atoms with E-state index in [4.69, 9.17) is 17.3 Å². The highest BCUT2D eigenvalue weighted by atomic mass is 35.5. The molecule has 17 heavy (non-hydrogen) atoms. The van der Waals surface area contributed by atoms with E-state index in [0.717, 1.165) is 25.2 Å². The van der Waals surface area contributed by atoms with Crippen molar-refractivity contribution in [3.8, 4) is 0 Å². The fraction of sp³-hybridized carbons (Fsp3) is 0.500. The van der Waals surface area contributed by atoms with Crippen LogP contribution in [0.1, 0.15) is 12.5 Å². The Hall–Kier alpha value is -0.350. The van der Waals surface area contributed by atoms with E-state index in [9.17, 15) is 4.39 Å². The van der Waals surface area contributed by atoms with Crippen LogP contribution in [0, 0.1) is 11.7 Å².